The third-order valence-corrected chi connectivity index (χ3v) is 10.4. The van der Waals surface area contributed by atoms with Gasteiger partial charge in [0.2, 0.25) is 0 Å². The first kappa shape index (κ1) is 31.3. The number of rotatable bonds is 0. The van der Waals surface area contributed by atoms with Crippen molar-refractivity contribution in [3.05, 3.63) is 138 Å². The van der Waals surface area contributed by atoms with Crippen LogP contribution in [0.5, 0.6) is 0 Å². The van der Waals surface area contributed by atoms with Crippen LogP contribution in [-0.2, 0) is 51.4 Å². The Morgan fingerprint density at radius 2 is 0.524 bits per heavy atom. The van der Waals surface area contributed by atoms with Gasteiger partial charge >= 0.3 is 0 Å². The maximum Gasteiger partial charge on any atom is 0.0210 e. The maximum atomic E-state index is 3.75. The zero-order chi connectivity index (χ0) is 29.0. The lowest BCUT2D eigenvalue weighted by Gasteiger charge is -2.11. The van der Waals surface area contributed by atoms with E-state index in [1.165, 1.54) is 156 Å². The Morgan fingerprint density at radius 1 is 0.286 bits per heavy atom. The van der Waals surface area contributed by atoms with Crippen LogP contribution in [0.4, 0.5) is 0 Å². The molecule has 0 atom stereocenters. The minimum atomic E-state index is 1.17. The number of benzene rings is 4. The summed E-state index contributed by atoms with van der Waals surface area (Å²) in [7, 11) is 0. The van der Waals surface area contributed by atoms with Crippen molar-refractivity contribution in [1.29, 1.82) is 0 Å². The predicted molar refractivity (Wildman–Crippen MR) is 188 cm³/mol. The lowest BCUT2D eigenvalue weighted by Crippen LogP contribution is -1.96. The van der Waals surface area contributed by atoms with Gasteiger partial charge in [-0.25, -0.2) is 0 Å². The third kappa shape index (κ3) is 9.95. The van der Waals surface area contributed by atoms with E-state index in [2.05, 4.69) is 117 Å². The summed E-state index contributed by atoms with van der Waals surface area (Å²) in [5, 5.41) is 0. The molecule has 0 amide bonds. The molecule has 4 aromatic carbocycles. The molecule has 0 aromatic heterocycles. The van der Waals surface area contributed by atoms with Crippen molar-refractivity contribution in [1.82, 2.24) is 0 Å². The van der Waals surface area contributed by atoms with Crippen LogP contribution in [-0.4, -0.2) is 0 Å². The molecule has 0 aliphatic heterocycles. The number of halogens is 2. The highest BCUT2D eigenvalue weighted by molar-refractivity contribution is 9.10. The molecular weight excluding hydrogens is 640 g/mol. The highest BCUT2D eigenvalue weighted by Crippen LogP contribution is 2.25. The summed E-state index contributed by atoms with van der Waals surface area (Å²) in [5.41, 5.74) is 11.8. The van der Waals surface area contributed by atoms with Crippen molar-refractivity contribution < 1.29 is 0 Å². The minimum absolute atomic E-state index is 1.17. The summed E-state index contributed by atoms with van der Waals surface area (Å²) in [6.07, 6.45) is 19.7. The Hall–Kier alpha value is -2.16. The zero-order valence-corrected chi connectivity index (χ0v) is 28.3. The topological polar surface area (TPSA) is 0 Å². The fourth-order valence-electron chi connectivity index (χ4n) is 6.25. The Bertz CT molecular complexity index is 1230. The van der Waals surface area contributed by atoms with Gasteiger partial charge < -0.3 is 0 Å². The lowest BCUT2D eigenvalue weighted by atomic mass is 9.98. The van der Waals surface area contributed by atoms with Crippen LogP contribution in [0.15, 0.2) is 93.9 Å². The molecule has 220 valence electrons. The van der Waals surface area contributed by atoms with Crippen molar-refractivity contribution >= 4 is 31.9 Å². The Morgan fingerprint density at radius 3 is 0.810 bits per heavy atom. The van der Waals surface area contributed by atoms with Gasteiger partial charge in [0.15, 0.2) is 0 Å². The van der Waals surface area contributed by atoms with Gasteiger partial charge in [-0.15, -0.1) is 0 Å². The normalized spacial score (nSPS) is 16.2. The monoisotopic (exact) mass is 684 g/mol. The average molecular weight is 687 g/mol. The molecule has 8 aliphatic carbocycles. The zero-order valence-electron chi connectivity index (χ0n) is 25.2. The number of aryl methyl sites for hydroxylation is 8. The molecule has 0 saturated carbocycles. The Kier molecular flexibility index (Phi) is 12.4. The molecule has 0 nitrogen and oxygen atoms in total. The van der Waals surface area contributed by atoms with E-state index < -0.39 is 0 Å². The number of hydrogen-bond acceptors (Lipinski definition) is 0. The Balaban J connectivity index is 0.000000169. The van der Waals surface area contributed by atoms with Crippen molar-refractivity contribution in [3.8, 4) is 0 Å². The van der Waals surface area contributed by atoms with Crippen LogP contribution < -0.4 is 0 Å². The van der Waals surface area contributed by atoms with Crippen LogP contribution in [0, 0.1) is 0 Å². The van der Waals surface area contributed by atoms with E-state index in [4.69, 9.17) is 0 Å². The second-order valence-corrected chi connectivity index (χ2v) is 14.0. The second kappa shape index (κ2) is 16.6. The Labute approximate surface area is 271 Å². The fourth-order valence-corrected chi connectivity index (χ4v) is 7.50. The molecule has 0 saturated heterocycles. The van der Waals surface area contributed by atoms with Gasteiger partial charge in [-0.1, -0.05) is 105 Å². The van der Waals surface area contributed by atoms with Gasteiger partial charge in [-0.2, -0.15) is 0 Å². The smallest absolute Gasteiger partial charge is 0.0210 e. The quantitative estimate of drug-likeness (QED) is 0.173. The van der Waals surface area contributed by atoms with Crippen molar-refractivity contribution in [2.75, 3.05) is 0 Å². The average Bonchev–Trinajstić information content (AvgIpc) is 3.00. The summed E-state index contributed by atoms with van der Waals surface area (Å²) in [5.74, 6) is 0. The molecule has 8 bridgehead atoms. The predicted octanol–water partition coefficient (Wildman–Crippen LogP) is 11.8. The first-order valence-corrected chi connectivity index (χ1v) is 17.9. The third-order valence-electron chi connectivity index (χ3n) is 8.97. The van der Waals surface area contributed by atoms with Crippen LogP contribution in [0.25, 0.3) is 0 Å². The van der Waals surface area contributed by atoms with E-state index >= 15 is 0 Å². The van der Waals surface area contributed by atoms with Gasteiger partial charge in [0, 0.05) is 8.95 Å². The second-order valence-electron chi connectivity index (χ2n) is 12.3. The van der Waals surface area contributed by atoms with Gasteiger partial charge in [0.05, 0.1) is 0 Å². The van der Waals surface area contributed by atoms with Crippen molar-refractivity contribution in [3.63, 3.8) is 0 Å². The largest absolute Gasteiger partial charge is 0.0588 e. The van der Waals surface area contributed by atoms with E-state index in [0.717, 1.165) is 0 Å². The van der Waals surface area contributed by atoms with E-state index in [9.17, 15) is 0 Å². The first-order valence-electron chi connectivity index (χ1n) is 16.3. The molecule has 2 heteroatoms. The summed E-state index contributed by atoms with van der Waals surface area (Å²) in [6, 6.07) is 32.5. The number of hydrogen-bond donors (Lipinski definition) is 0. The summed E-state index contributed by atoms with van der Waals surface area (Å²) < 4.78 is 2.59. The summed E-state index contributed by atoms with van der Waals surface area (Å²) >= 11 is 7.51. The molecule has 42 heavy (non-hydrogen) atoms. The van der Waals surface area contributed by atoms with Gasteiger partial charge in [0.1, 0.15) is 0 Å². The molecule has 0 fully saturated rings. The lowest BCUT2D eigenvalue weighted by molar-refractivity contribution is 0.720. The van der Waals surface area contributed by atoms with Crippen LogP contribution in [0.1, 0.15) is 95.9 Å². The standard InChI is InChI=1S/C20H22Br2.C20H24/c21-19-13-15-5-1-3-7-17-12-10-16(14-20(17)22)6-2-4-8-18(19)11-9-15;1-2-6-18-13-15-20(16-14-18)8-4-3-7-19-11-9-17(5-1)10-12-19/h9-14H,1-8H2;9-16H,1-8H2. The highest BCUT2D eigenvalue weighted by Gasteiger charge is 2.07. The molecular formula is C40H46Br2. The summed E-state index contributed by atoms with van der Waals surface area (Å²) in [6.45, 7) is 0. The molecule has 0 radical (unpaired) electrons. The SMILES string of the molecule is Brc1cc2ccc1CCCCc1ccc(c(Br)c1)CCCC2.c1cc2ccc1CCCCc1ccc(cc1)CCCC2. The maximum absolute atomic E-state index is 3.75. The van der Waals surface area contributed by atoms with Crippen LogP contribution >= 0.6 is 31.9 Å². The molecule has 0 N–H and O–H groups in total. The van der Waals surface area contributed by atoms with Gasteiger partial charge in [-0.05, 0) is 159 Å². The molecule has 0 unspecified atom stereocenters. The van der Waals surface area contributed by atoms with Crippen LogP contribution in [0.3, 0.4) is 0 Å². The van der Waals surface area contributed by atoms with Gasteiger partial charge in [-0.3, -0.25) is 0 Å². The highest BCUT2D eigenvalue weighted by atomic mass is 79.9. The molecule has 12 rings (SSSR count). The molecule has 0 heterocycles. The van der Waals surface area contributed by atoms with E-state index in [1.54, 1.807) is 0 Å². The van der Waals surface area contributed by atoms with Crippen molar-refractivity contribution in [2.45, 2.75) is 103 Å². The van der Waals surface area contributed by atoms with E-state index in [-0.39, 0.29) is 0 Å². The minimum Gasteiger partial charge on any atom is -0.0588 e. The molecule has 8 aliphatic rings. The van der Waals surface area contributed by atoms with Gasteiger partial charge in [0.25, 0.3) is 0 Å². The van der Waals surface area contributed by atoms with Crippen LogP contribution in [0.2, 0.25) is 0 Å². The van der Waals surface area contributed by atoms with Crippen molar-refractivity contribution in [2.24, 2.45) is 0 Å². The molecule has 0 spiro atoms. The van der Waals surface area contributed by atoms with E-state index in [0.29, 0.717) is 0 Å². The summed E-state index contributed by atoms with van der Waals surface area (Å²) in [4.78, 5) is 0. The first-order chi connectivity index (χ1) is 20.6. The molecule has 4 aromatic rings. The fraction of sp³-hybridized carbons (Fsp3) is 0.400. The van der Waals surface area contributed by atoms with E-state index in [1.807, 2.05) is 0 Å².